The lowest BCUT2D eigenvalue weighted by atomic mass is 10.1. The second kappa shape index (κ2) is 14.1. The van der Waals surface area contributed by atoms with E-state index in [1.807, 2.05) is 0 Å². The van der Waals surface area contributed by atoms with Gasteiger partial charge in [0.2, 0.25) is 11.8 Å². The number of hydrogen-bond donors (Lipinski definition) is 3. The number of anilines is 1. The molecule has 0 unspecified atom stereocenters. The molecule has 1 aliphatic rings. The molecule has 3 heterocycles. The lowest BCUT2D eigenvalue weighted by Crippen LogP contribution is -2.44. The maximum atomic E-state index is 14.1. The summed E-state index contributed by atoms with van der Waals surface area (Å²) in [6.07, 6.45) is 0.862. The van der Waals surface area contributed by atoms with Gasteiger partial charge in [-0.05, 0) is 55.9 Å². The Balaban J connectivity index is 1.46. The molecule has 0 radical (unpaired) electrons. The fourth-order valence-corrected chi connectivity index (χ4v) is 4.73. The number of ether oxygens (including phenoxy) is 1. The van der Waals surface area contributed by atoms with Crippen LogP contribution in [0.2, 0.25) is 0 Å². The maximum Gasteiger partial charge on any atom is 0.407 e. The highest BCUT2D eigenvalue weighted by Crippen LogP contribution is 2.26. The number of carbonyl (C=O) groups excluding carboxylic acids is 3. The number of alkyl halides is 3. The second-order valence-corrected chi connectivity index (χ2v) is 10.2. The zero-order valence-corrected chi connectivity index (χ0v) is 23.7. The number of benzene rings is 1. The minimum Gasteiger partial charge on any atom is -0.453 e. The second-order valence-electron chi connectivity index (χ2n) is 10.2. The van der Waals surface area contributed by atoms with Crippen LogP contribution in [0.3, 0.4) is 0 Å². The van der Waals surface area contributed by atoms with E-state index in [-0.39, 0.29) is 53.5 Å². The number of nitrogens with one attached hydrogen (secondary N) is 3. The number of fused-ring (bicyclic) bond motifs is 1. The zero-order chi connectivity index (χ0) is 31.9. The number of carbonyl (C=O) groups is 3. The van der Waals surface area contributed by atoms with E-state index in [1.54, 1.807) is 11.0 Å². The fourth-order valence-electron chi connectivity index (χ4n) is 4.73. The van der Waals surface area contributed by atoms with Crippen molar-refractivity contribution in [2.24, 2.45) is 0 Å². The van der Waals surface area contributed by atoms with E-state index in [9.17, 15) is 36.7 Å². The molecule has 1 aliphatic heterocycles. The molecule has 3 aromatic rings. The number of allylic oxidation sites excluding steroid dienone is 1. The van der Waals surface area contributed by atoms with E-state index >= 15 is 0 Å². The van der Waals surface area contributed by atoms with E-state index in [0.717, 1.165) is 36.7 Å². The summed E-state index contributed by atoms with van der Waals surface area (Å²) in [5.41, 5.74) is -0.359. The SMILES string of the molecule is COC(=O)N[C@@H](CC/C=C/C(=O)N1CCCC1)C(=O)Nc1nccn(Cc2nc3c(CCC(F)(F)F)cc(F)cc3[nH]2)c1=O. The average Bonchev–Trinajstić information content (AvgIpc) is 3.65. The number of amides is 3. The molecule has 3 N–H and O–H groups in total. The van der Waals surface area contributed by atoms with E-state index in [1.165, 1.54) is 18.5 Å². The zero-order valence-electron chi connectivity index (χ0n) is 23.7. The monoisotopic (exact) mass is 621 g/mol. The Hall–Kier alpha value is -4.76. The average molecular weight is 622 g/mol. The number of imidazole rings is 1. The number of halogens is 4. The Morgan fingerprint density at radius 2 is 1.95 bits per heavy atom. The minimum absolute atomic E-state index is 0.0641. The van der Waals surface area contributed by atoms with Gasteiger partial charge in [0.1, 0.15) is 17.7 Å². The highest BCUT2D eigenvalue weighted by atomic mass is 19.4. The summed E-state index contributed by atoms with van der Waals surface area (Å²) < 4.78 is 58.1. The molecule has 236 valence electrons. The Kier molecular flexibility index (Phi) is 10.3. The molecule has 2 aromatic heterocycles. The van der Waals surface area contributed by atoms with Gasteiger partial charge in [-0.15, -0.1) is 0 Å². The first kappa shape index (κ1) is 32.2. The molecule has 44 heavy (non-hydrogen) atoms. The van der Waals surface area contributed by atoms with E-state index in [2.05, 4.69) is 30.3 Å². The van der Waals surface area contributed by atoms with Crippen LogP contribution in [-0.2, 0) is 27.3 Å². The van der Waals surface area contributed by atoms with E-state index in [0.29, 0.717) is 13.1 Å². The lowest BCUT2D eigenvalue weighted by Gasteiger charge is -2.17. The summed E-state index contributed by atoms with van der Waals surface area (Å²) in [6.45, 7) is 1.19. The van der Waals surface area contributed by atoms with Gasteiger partial charge in [-0.2, -0.15) is 13.2 Å². The molecule has 16 heteroatoms. The molecule has 1 fully saturated rings. The molecule has 1 atom stereocenters. The Morgan fingerprint density at radius 1 is 1.20 bits per heavy atom. The van der Waals surface area contributed by atoms with Crippen LogP contribution in [0, 0.1) is 5.82 Å². The van der Waals surface area contributed by atoms with Gasteiger partial charge in [0.05, 0.1) is 24.7 Å². The third-order valence-electron chi connectivity index (χ3n) is 6.93. The van der Waals surface area contributed by atoms with Crippen molar-refractivity contribution >= 4 is 34.8 Å². The van der Waals surface area contributed by atoms with Crippen molar-refractivity contribution in [2.45, 2.75) is 57.3 Å². The number of aromatic amines is 1. The summed E-state index contributed by atoms with van der Waals surface area (Å²) in [5, 5.41) is 4.79. The predicted octanol–water partition coefficient (Wildman–Crippen LogP) is 3.42. The molecule has 1 saturated heterocycles. The molecule has 4 rings (SSSR count). The van der Waals surface area contributed by atoms with E-state index in [4.69, 9.17) is 0 Å². The summed E-state index contributed by atoms with van der Waals surface area (Å²) in [7, 11) is 1.13. The third kappa shape index (κ3) is 8.64. The smallest absolute Gasteiger partial charge is 0.407 e. The third-order valence-corrected chi connectivity index (χ3v) is 6.93. The van der Waals surface area contributed by atoms with Crippen LogP contribution in [0.4, 0.5) is 28.2 Å². The van der Waals surface area contributed by atoms with Crippen molar-refractivity contribution < 1.29 is 36.7 Å². The van der Waals surface area contributed by atoms with Crippen molar-refractivity contribution in [1.82, 2.24) is 29.7 Å². The number of rotatable bonds is 11. The number of hydrogen-bond acceptors (Lipinski definition) is 7. The maximum absolute atomic E-state index is 14.1. The molecule has 0 saturated carbocycles. The van der Waals surface area contributed by atoms with Gasteiger partial charge in [-0.1, -0.05) is 6.08 Å². The van der Waals surface area contributed by atoms with Crippen LogP contribution < -0.4 is 16.2 Å². The van der Waals surface area contributed by atoms with Crippen LogP contribution in [0.15, 0.2) is 41.5 Å². The molecular formula is C28H31F4N7O5. The van der Waals surface area contributed by atoms with Gasteiger partial charge in [0.15, 0.2) is 5.82 Å². The molecule has 0 bridgehead atoms. The van der Waals surface area contributed by atoms with Crippen LogP contribution >= 0.6 is 0 Å². The highest BCUT2D eigenvalue weighted by Gasteiger charge is 2.27. The molecule has 1 aromatic carbocycles. The Morgan fingerprint density at radius 3 is 2.66 bits per heavy atom. The van der Waals surface area contributed by atoms with Crippen molar-refractivity contribution in [3.05, 3.63) is 64.2 Å². The standard InChI is InChI=1S/C28H31F4N7O5/c1-44-27(43)35-19(6-2-3-7-22(40)38-11-4-5-12-38)25(41)37-24-26(42)39(13-10-33-24)16-21-34-20-15-18(29)14-17(23(20)36-21)8-9-28(30,31)32/h3,7,10,13-15,19H,2,4-6,8-9,11-12,16H2,1H3,(H,34,36)(H,35,43)(H,33,37,41)/b7-3+/t19-/m0/s1. The molecular weight excluding hydrogens is 590 g/mol. The topological polar surface area (TPSA) is 151 Å². The summed E-state index contributed by atoms with van der Waals surface area (Å²) in [4.78, 5) is 62.9. The largest absolute Gasteiger partial charge is 0.453 e. The van der Waals surface area contributed by atoms with Gasteiger partial charge in [0.25, 0.3) is 5.56 Å². The minimum atomic E-state index is -4.43. The Bertz CT molecular complexity index is 1600. The van der Waals surface area contributed by atoms with Gasteiger partial charge in [-0.3, -0.25) is 14.4 Å². The number of nitrogens with zero attached hydrogens (tertiary/aromatic N) is 4. The molecule has 12 nitrogen and oxygen atoms in total. The molecule has 0 spiro atoms. The number of methoxy groups -OCH3 is 1. The van der Waals surface area contributed by atoms with Crippen LogP contribution in [0.25, 0.3) is 11.0 Å². The normalized spacial score (nSPS) is 14.2. The first-order valence-corrected chi connectivity index (χ1v) is 13.8. The van der Waals surface area contributed by atoms with Crippen LogP contribution in [0.1, 0.15) is 43.5 Å². The van der Waals surface area contributed by atoms with Gasteiger partial charge >= 0.3 is 12.3 Å². The van der Waals surface area contributed by atoms with Crippen molar-refractivity contribution in [3.63, 3.8) is 0 Å². The van der Waals surface area contributed by atoms with Gasteiger partial charge in [-0.25, -0.2) is 19.2 Å². The summed E-state index contributed by atoms with van der Waals surface area (Å²) in [6, 6.07) is 0.949. The number of H-pyrrole nitrogens is 1. The van der Waals surface area contributed by atoms with Gasteiger partial charge in [0, 0.05) is 31.9 Å². The van der Waals surface area contributed by atoms with Crippen molar-refractivity contribution in [3.8, 4) is 0 Å². The van der Waals surface area contributed by atoms with Crippen molar-refractivity contribution in [1.29, 1.82) is 0 Å². The first-order valence-electron chi connectivity index (χ1n) is 13.8. The van der Waals surface area contributed by atoms with Crippen LogP contribution in [-0.4, -0.2) is 74.7 Å². The quantitative estimate of drug-likeness (QED) is 0.219. The van der Waals surface area contributed by atoms with E-state index < -0.39 is 48.4 Å². The van der Waals surface area contributed by atoms with Crippen molar-refractivity contribution in [2.75, 3.05) is 25.5 Å². The predicted molar refractivity (Wildman–Crippen MR) is 150 cm³/mol. The highest BCUT2D eigenvalue weighted by molar-refractivity contribution is 5.95. The number of likely N-dealkylation sites (tertiary alicyclic amines) is 1. The Labute approximate surface area is 248 Å². The number of aryl methyl sites for hydroxylation is 1. The number of alkyl carbamates (subject to hydrolysis) is 1. The molecule has 0 aliphatic carbocycles. The number of aromatic nitrogens is 4. The fraction of sp³-hybridized carbons (Fsp3) is 0.429. The first-order chi connectivity index (χ1) is 20.9. The van der Waals surface area contributed by atoms with Crippen LogP contribution in [0.5, 0.6) is 0 Å². The summed E-state index contributed by atoms with van der Waals surface area (Å²) in [5.74, 6) is -1.83. The molecule has 3 amide bonds. The summed E-state index contributed by atoms with van der Waals surface area (Å²) >= 11 is 0. The van der Waals surface area contributed by atoms with Gasteiger partial charge < -0.3 is 29.8 Å². The lowest BCUT2D eigenvalue weighted by molar-refractivity contribution is -0.134.